The number of carbonyl (C=O) groups is 1. The zero-order chi connectivity index (χ0) is 25.0. The van der Waals surface area contributed by atoms with E-state index in [9.17, 15) is 4.79 Å². The summed E-state index contributed by atoms with van der Waals surface area (Å²) >= 11 is 0. The van der Waals surface area contributed by atoms with Gasteiger partial charge >= 0.3 is 5.97 Å². The Morgan fingerprint density at radius 1 is 0.758 bits per heavy atom. The van der Waals surface area contributed by atoms with Crippen molar-refractivity contribution in [2.75, 3.05) is 77.2 Å². The molecule has 0 aromatic rings. The fourth-order valence-electron chi connectivity index (χ4n) is 4.01. The molecule has 0 N–H and O–H groups in total. The van der Waals surface area contributed by atoms with Crippen LogP contribution in [-0.2, 0) is 56.9 Å². The molecule has 196 valence electrons. The first-order valence-corrected chi connectivity index (χ1v) is 10.5. The van der Waals surface area contributed by atoms with E-state index >= 15 is 0 Å². The van der Waals surface area contributed by atoms with Crippen molar-refractivity contribution in [2.24, 2.45) is 0 Å². The van der Waals surface area contributed by atoms with E-state index in [1.165, 1.54) is 42.7 Å². The predicted molar refractivity (Wildman–Crippen MR) is 114 cm³/mol. The number of hydrogen-bond donors (Lipinski definition) is 0. The molecule has 12 nitrogen and oxygen atoms in total. The number of methoxy groups -OCH3 is 9. The molecule has 0 bridgehead atoms. The van der Waals surface area contributed by atoms with Gasteiger partial charge in [-0.15, -0.1) is 0 Å². The standard InChI is InChI=1S/C21H40O12/c1-23-10-13-15(26-4)17(28-6)19(30-8)21(33-13)32-11-12(24-2)14(25-3)16(27-5)18(29-7)20(22)31-9/h12-19,21H,10-11H2,1-9H3/t12?,13-,14?,15+,16?,17+,18?,19-,21+/m1/s1. The zero-order valence-electron chi connectivity index (χ0n) is 21.0. The van der Waals surface area contributed by atoms with Gasteiger partial charge in [0.2, 0.25) is 0 Å². The zero-order valence-corrected chi connectivity index (χ0v) is 21.0. The van der Waals surface area contributed by atoms with Gasteiger partial charge in [-0.25, -0.2) is 4.79 Å². The molecule has 0 aromatic carbocycles. The summed E-state index contributed by atoms with van der Waals surface area (Å²) in [7, 11) is 13.3. The molecule has 1 heterocycles. The summed E-state index contributed by atoms with van der Waals surface area (Å²) in [6, 6.07) is 0. The van der Waals surface area contributed by atoms with Crippen LogP contribution in [0.15, 0.2) is 0 Å². The normalized spacial score (nSPS) is 29.3. The lowest BCUT2D eigenvalue weighted by molar-refractivity contribution is -0.319. The van der Waals surface area contributed by atoms with Crippen LogP contribution >= 0.6 is 0 Å². The van der Waals surface area contributed by atoms with E-state index in [0.717, 1.165) is 0 Å². The van der Waals surface area contributed by atoms with Gasteiger partial charge in [0.25, 0.3) is 0 Å². The summed E-state index contributed by atoms with van der Waals surface area (Å²) in [4.78, 5) is 12.2. The Labute approximate surface area is 195 Å². The molecule has 0 saturated carbocycles. The first-order valence-electron chi connectivity index (χ1n) is 10.5. The molecule has 1 saturated heterocycles. The molecular formula is C21H40O12. The van der Waals surface area contributed by atoms with Crippen LogP contribution in [0.3, 0.4) is 0 Å². The molecule has 1 rings (SSSR count). The third-order valence-electron chi connectivity index (χ3n) is 5.69. The van der Waals surface area contributed by atoms with E-state index in [2.05, 4.69) is 0 Å². The second-order valence-electron chi connectivity index (χ2n) is 7.29. The van der Waals surface area contributed by atoms with Crippen LogP contribution in [0.1, 0.15) is 0 Å². The Balaban J connectivity index is 3.04. The lowest BCUT2D eigenvalue weighted by atomic mass is 9.98. The van der Waals surface area contributed by atoms with Crippen molar-refractivity contribution in [1.82, 2.24) is 0 Å². The Hall–Kier alpha value is -0.930. The minimum atomic E-state index is -1.04. The van der Waals surface area contributed by atoms with E-state index in [0.29, 0.717) is 0 Å². The van der Waals surface area contributed by atoms with Crippen LogP contribution in [0.4, 0.5) is 0 Å². The highest BCUT2D eigenvalue weighted by molar-refractivity contribution is 5.75. The molecule has 33 heavy (non-hydrogen) atoms. The van der Waals surface area contributed by atoms with Crippen molar-refractivity contribution in [3.8, 4) is 0 Å². The van der Waals surface area contributed by atoms with Crippen LogP contribution < -0.4 is 0 Å². The van der Waals surface area contributed by atoms with Crippen LogP contribution in [0.2, 0.25) is 0 Å². The molecule has 0 aromatic heterocycles. The van der Waals surface area contributed by atoms with Crippen LogP contribution in [0.5, 0.6) is 0 Å². The number of rotatable bonds is 16. The van der Waals surface area contributed by atoms with Crippen LogP contribution in [0.25, 0.3) is 0 Å². The fourth-order valence-corrected chi connectivity index (χ4v) is 4.01. The smallest absolute Gasteiger partial charge is 0.337 e. The van der Waals surface area contributed by atoms with Gasteiger partial charge in [-0.3, -0.25) is 0 Å². The molecule has 4 unspecified atom stereocenters. The third-order valence-corrected chi connectivity index (χ3v) is 5.69. The summed E-state index contributed by atoms with van der Waals surface area (Å²) in [6.45, 7) is 0.286. The number of hydrogen-bond acceptors (Lipinski definition) is 12. The van der Waals surface area contributed by atoms with Crippen molar-refractivity contribution in [2.45, 2.75) is 55.1 Å². The Bertz CT molecular complexity index is 535. The lowest BCUT2D eigenvalue weighted by Crippen LogP contribution is -2.61. The first kappa shape index (κ1) is 30.1. The van der Waals surface area contributed by atoms with Crippen molar-refractivity contribution in [1.29, 1.82) is 0 Å². The maximum Gasteiger partial charge on any atom is 0.337 e. The minimum Gasteiger partial charge on any atom is -0.467 e. The highest BCUT2D eigenvalue weighted by Gasteiger charge is 2.48. The lowest BCUT2D eigenvalue weighted by Gasteiger charge is -2.44. The molecule has 1 aliphatic rings. The third kappa shape index (κ3) is 7.52. The Morgan fingerprint density at radius 2 is 1.36 bits per heavy atom. The average Bonchev–Trinajstić information content (AvgIpc) is 2.84. The van der Waals surface area contributed by atoms with Crippen molar-refractivity contribution in [3.05, 3.63) is 0 Å². The van der Waals surface area contributed by atoms with Crippen molar-refractivity contribution in [3.63, 3.8) is 0 Å². The average molecular weight is 485 g/mol. The highest BCUT2D eigenvalue weighted by Crippen LogP contribution is 2.29. The van der Waals surface area contributed by atoms with Gasteiger partial charge in [-0.1, -0.05) is 0 Å². The first-order chi connectivity index (χ1) is 15.9. The van der Waals surface area contributed by atoms with E-state index in [1.54, 1.807) is 21.3 Å². The van der Waals surface area contributed by atoms with Gasteiger partial charge in [-0.2, -0.15) is 0 Å². The summed E-state index contributed by atoms with van der Waals surface area (Å²) in [6.07, 6.45) is -6.03. The second-order valence-corrected chi connectivity index (χ2v) is 7.29. The van der Waals surface area contributed by atoms with Gasteiger partial charge in [0.1, 0.15) is 42.7 Å². The maximum absolute atomic E-state index is 12.2. The van der Waals surface area contributed by atoms with E-state index in [-0.39, 0.29) is 13.2 Å². The fraction of sp³-hybridized carbons (Fsp3) is 0.952. The Morgan fingerprint density at radius 3 is 1.79 bits per heavy atom. The molecular weight excluding hydrogens is 444 g/mol. The molecule has 12 heteroatoms. The van der Waals surface area contributed by atoms with Crippen molar-refractivity contribution < 1.29 is 56.9 Å². The van der Waals surface area contributed by atoms with Gasteiger partial charge in [0.15, 0.2) is 12.4 Å². The maximum atomic E-state index is 12.2. The molecule has 0 amide bonds. The van der Waals surface area contributed by atoms with E-state index in [1.807, 2.05) is 0 Å². The topological polar surface area (TPSA) is 119 Å². The summed E-state index contributed by atoms with van der Waals surface area (Å²) in [5.74, 6) is -0.604. The van der Waals surface area contributed by atoms with Crippen LogP contribution in [0, 0.1) is 0 Å². The molecule has 0 radical (unpaired) electrons. The van der Waals surface area contributed by atoms with E-state index in [4.69, 9.17) is 52.1 Å². The molecule has 0 aliphatic carbocycles. The summed E-state index contributed by atoms with van der Waals surface area (Å²) in [5.41, 5.74) is 0. The Kier molecular flexibility index (Phi) is 14.5. The molecule has 0 spiro atoms. The second kappa shape index (κ2) is 15.9. The number of esters is 1. The minimum absolute atomic E-state index is 0.0186. The van der Waals surface area contributed by atoms with E-state index < -0.39 is 61.1 Å². The van der Waals surface area contributed by atoms with Crippen molar-refractivity contribution >= 4 is 5.97 Å². The number of ether oxygens (including phenoxy) is 11. The number of carbonyl (C=O) groups excluding carboxylic acids is 1. The van der Waals surface area contributed by atoms with Gasteiger partial charge in [-0.05, 0) is 0 Å². The van der Waals surface area contributed by atoms with Gasteiger partial charge < -0.3 is 52.1 Å². The monoisotopic (exact) mass is 484 g/mol. The summed E-state index contributed by atoms with van der Waals surface area (Å²) < 4.78 is 61.1. The predicted octanol–water partition coefficient (Wildman–Crippen LogP) is -0.348. The molecule has 9 atom stereocenters. The van der Waals surface area contributed by atoms with Crippen LogP contribution in [-0.4, -0.2) is 138 Å². The molecule has 1 aliphatic heterocycles. The summed E-state index contributed by atoms with van der Waals surface area (Å²) in [5, 5.41) is 0. The van der Waals surface area contributed by atoms with Gasteiger partial charge in [0.05, 0.1) is 20.3 Å². The quantitative estimate of drug-likeness (QED) is 0.267. The largest absolute Gasteiger partial charge is 0.467 e. The SMILES string of the molecule is COC[C@H]1O[C@H](OCC(OC)C(OC)C(OC)C(OC)C(=O)OC)[C@H](OC)[C@@H](OC)[C@H]1OC. The molecule has 1 fully saturated rings. The highest BCUT2D eigenvalue weighted by atomic mass is 16.7. The van der Waals surface area contributed by atoms with Gasteiger partial charge in [0, 0.05) is 56.9 Å².